The number of piperazine rings is 1. The van der Waals surface area contributed by atoms with E-state index in [1.165, 1.54) is 37.0 Å². The summed E-state index contributed by atoms with van der Waals surface area (Å²) in [5.41, 5.74) is 2.21. The first kappa shape index (κ1) is 19.3. The summed E-state index contributed by atoms with van der Waals surface area (Å²) in [5, 5.41) is 0. The van der Waals surface area contributed by atoms with Gasteiger partial charge in [0.15, 0.2) is 0 Å². The molecule has 1 aliphatic carbocycles. The summed E-state index contributed by atoms with van der Waals surface area (Å²) in [6.45, 7) is 3.65. The lowest BCUT2D eigenvalue weighted by molar-refractivity contribution is -0.149. The summed E-state index contributed by atoms with van der Waals surface area (Å²) in [5.74, 6) is 0.206. The Morgan fingerprint density at radius 3 is 2.28 bits per heavy atom. The van der Waals surface area contributed by atoms with E-state index in [0.717, 1.165) is 6.42 Å². The van der Waals surface area contributed by atoms with E-state index in [1.807, 2.05) is 0 Å². The maximum Gasteiger partial charge on any atom is 0.409 e. The van der Waals surface area contributed by atoms with Gasteiger partial charge in [-0.3, -0.25) is 0 Å². The minimum absolute atomic E-state index is 0.330. The average Bonchev–Trinajstić information content (AvgIpc) is 2.65. The van der Waals surface area contributed by atoms with Crippen molar-refractivity contribution in [1.29, 1.82) is 0 Å². The van der Waals surface area contributed by atoms with Crippen LogP contribution >= 0.6 is 0 Å². The molecule has 1 N–H and O–H groups in total. The Hall–Kier alpha value is -1.99. The van der Waals surface area contributed by atoms with Gasteiger partial charge in [-0.1, -0.05) is 32.1 Å². The van der Waals surface area contributed by atoms with Crippen LogP contribution in [0.5, 0.6) is 0 Å². The van der Waals surface area contributed by atoms with E-state index >= 15 is 0 Å². The van der Waals surface area contributed by atoms with Gasteiger partial charge in [-0.2, -0.15) is 5.48 Å². The fraction of sp³-hybridized carbons (Fsp3) is 0.824. The van der Waals surface area contributed by atoms with E-state index in [1.54, 1.807) is 11.8 Å². The smallest absolute Gasteiger partial charge is 0.409 e. The molecule has 8 nitrogen and oxygen atoms in total. The Kier molecular flexibility index (Phi) is 7.81. The minimum Gasteiger partial charge on any atom is -0.450 e. The van der Waals surface area contributed by atoms with Gasteiger partial charge < -0.3 is 19.4 Å². The number of rotatable bonds is 4. The zero-order valence-corrected chi connectivity index (χ0v) is 15.0. The van der Waals surface area contributed by atoms with Crippen LogP contribution in [0.25, 0.3) is 0 Å². The Bertz CT molecular complexity index is 457. The van der Waals surface area contributed by atoms with Crippen molar-refractivity contribution < 1.29 is 24.0 Å². The molecule has 142 valence electrons. The monoisotopic (exact) mass is 355 g/mol. The van der Waals surface area contributed by atoms with Crippen LogP contribution in [0.2, 0.25) is 0 Å². The van der Waals surface area contributed by atoms with E-state index in [2.05, 4.69) is 5.48 Å². The van der Waals surface area contributed by atoms with Crippen molar-refractivity contribution in [3.05, 3.63) is 0 Å². The SMILES string of the molecule is CCOC(=O)N1CCN(C(=O)NOC(=O)CCC2CCCCC2)CC1. The standard InChI is InChI=1S/C17H29N3O5/c1-2-24-17(23)20-12-10-19(11-13-20)16(22)18-25-15(21)9-8-14-6-4-3-5-7-14/h14H,2-13H2,1H3,(H,18,22). The number of ether oxygens (including phenoxy) is 1. The van der Waals surface area contributed by atoms with Crippen LogP contribution in [0.1, 0.15) is 51.9 Å². The van der Waals surface area contributed by atoms with Gasteiger partial charge in [0.1, 0.15) is 0 Å². The largest absolute Gasteiger partial charge is 0.450 e. The van der Waals surface area contributed by atoms with Crippen LogP contribution in [0.15, 0.2) is 0 Å². The van der Waals surface area contributed by atoms with E-state index in [4.69, 9.17) is 9.57 Å². The number of hydroxylamine groups is 1. The van der Waals surface area contributed by atoms with Crippen molar-refractivity contribution >= 4 is 18.1 Å². The first-order valence-electron chi connectivity index (χ1n) is 9.26. The predicted octanol–water partition coefficient (Wildman–Crippen LogP) is 2.29. The van der Waals surface area contributed by atoms with Gasteiger partial charge in [0.2, 0.25) is 0 Å². The molecular formula is C17H29N3O5. The molecule has 25 heavy (non-hydrogen) atoms. The summed E-state index contributed by atoms with van der Waals surface area (Å²) in [6, 6.07) is -0.450. The second-order valence-electron chi connectivity index (χ2n) is 6.60. The molecule has 0 aromatic heterocycles. The number of carbonyl (C=O) groups excluding carboxylic acids is 3. The molecule has 0 spiro atoms. The van der Waals surface area contributed by atoms with Gasteiger partial charge in [0.05, 0.1) is 6.61 Å². The van der Waals surface area contributed by atoms with E-state index < -0.39 is 12.0 Å². The molecule has 1 aliphatic heterocycles. The molecule has 1 saturated heterocycles. The highest BCUT2D eigenvalue weighted by Gasteiger charge is 2.25. The topological polar surface area (TPSA) is 88.2 Å². The maximum absolute atomic E-state index is 12.0. The van der Waals surface area contributed by atoms with E-state index in [9.17, 15) is 14.4 Å². The highest BCUT2D eigenvalue weighted by atomic mass is 16.7. The fourth-order valence-electron chi connectivity index (χ4n) is 3.32. The summed E-state index contributed by atoms with van der Waals surface area (Å²) in [6.07, 6.45) is 6.95. The lowest BCUT2D eigenvalue weighted by Crippen LogP contribution is -2.53. The van der Waals surface area contributed by atoms with Gasteiger partial charge in [-0.25, -0.2) is 14.4 Å². The van der Waals surface area contributed by atoms with Crippen molar-refractivity contribution in [1.82, 2.24) is 15.3 Å². The van der Waals surface area contributed by atoms with Crippen LogP contribution in [0, 0.1) is 5.92 Å². The molecule has 2 rings (SSSR count). The zero-order valence-electron chi connectivity index (χ0n) is 15.0. The summed E-state index contributed by atoms with van der Waals surface area (Å²) in [7, 11) is 0. The van der Waals surface area contributed by atoms with Gasteiger partial charge in [0, 0.05) is 32.6 Å². The van der Waals surface area contributed by atoms with Crippen molar-refractivity contribution in [3.63, 3.8) is 0 Å². The quantitative estimate of drug-likeness (QED) is 0.782. The normalized spacial score (nSPS) is 18.6. The molecule has 8 heteroatoms. The molecule has 2 aliphatic rings. The Labute approximate surface area is 148 Å². The van der Waals surface area contributed by atoms with Crippen LogP contribution in [-0.2, 0) is 14.4 Å². The van der Waals surface area contributed by atoms with Crippen molar-refractivity contribution in [2.75, 3.05) is 32.8 Å². The number of urea groups is 1. The van der Waals surface area contributed by atoms with Crippen LogP contribution in [0.4, 0.5) is 9.59 Å². The first-order valence-corrected chi connectivity index (χ1v) is 9.26. The van der Waals surface area contributed by atoms with E-state index in [0.29, 0.717) is 45.1 Å². The zero-order chi connectivity index (χ0) is 18.1. The molecule has 0 aromatic carbocycles. The summed E-state index contributed by atoms with van der Waals surface area (Å²) < 4.78 is 4.93. The van der Waals surface area contributed by atoms with Crippen molar-refractivity contribution in [2.45, 2.75) is 51.9 Å². The average molecular weight is 355 g/mol. The van der Waals surface area contributed by atoms with Gasteiger partial charge in [0.25, 0.3) is 0 Å². The third-order valence-corrected chi connectivity index (χ3v) is 4.83. The summed E-state index contributed by atoms with van der Waals surface area (Å²) >= 11 is 0. The number of hydrogen-bond acceptors (Lipinski definition) is 5. The highest BCUT2D eigenvalue weighted by Crippen LogP contribution is 2.27. The number of nitrogens with zero attached hydrogens (tertiary/aromatic N) is 2. The Morgan fingerprint density at radius 1 is 1.00 bits per heavy atom. The Morgan fingerprint density at radius 2 is 1.64 bits per heavy atom. The highest BCUT2D eigenvalue weighted by molar-refractivity contribution is 5.77. The second-order valence-corrected chi connectivity index (χ2v) is 6.60. The third-order valence-electron chi connectivity index (χ3n) is 4.83. The van der Waals surface area contributed by atoms with Gasteiger partial charge in [-0.05, 0) is 19.3 Å². The van der Waals surface area contributed by atoms with Gasteiger partial charge in [-0.15, -0.1) is 0 Å². The second kappa shape index (κ2) is 10.1. The fourth-order valence-corrected chi connectivity index (χ4v) is 3.32. The van der Waals surface area contributed by atoms with Crippen molar-refractivity contribution in [2.24, 2.45) is 5.92 Å². The molecule has 1 heterocycles. The van der Waals surface area contributed by atoms with Crippen LogP contribution in [0.3, 0.4) is 0 Å². The first-order chi connectivity index (χ1) is 12.1. The molecular weight excluding hydrogens is 326 g/mol. The minimum atomic E-state index is -0.450. The van der Waals surface area contributed by atoms with E-state index in [-0.39, 0.29) is 6.09 Å². The molecule has 2 fully saturated rings. The summed E-state index contributed by atoms with van der Waals surface area (Å²) in [4.78, 5) is 43.3. The number of nitrogens with one attached hydrogen (secondary N) is 1. The molecule has 0 radical (unpaired) electrons. The Balaban J connectivity index is 1.60. The van der Waals surface area contributed by atoms with Crippen LogP contribution < -0.4 is 5.48 Å². The third kappa shape index (κ3) is 6.43. The number of carbonyl (C=O) groups is 3. The van der Waals surface area contributed by atoms with Crippen LogP contribution in [-0.4, -0.2) is 60.7 Å². The van der Waals surface area contributed by atoms with Crippen molar-refractivity contribution in [3.8, 4) is 0 Å². The molecule has 0 bridgehead atoms. The number of hydrogen-bond donors (Lipinski definition) is 1. The molecule has 0 atom stereocenters. The molecule has 0 aromatic rings. The molecule has 0 unspecified atom stereocenters. The molecule has 3 amide bonds. The van der Waals surface area contributed by atoms with Gasteiger partial charge >= 0.3 is 18.1 Å². The number of amides is 3. The lowest BCUT2D eigenvalue weighted by Gasteiger charge is -2.33. The maximum atomic E-state index is 12.0. The predicted molar refractivity (Wildman–Crippen MR) is 90.6 cm³/mol. The lowest BCUT2D eigenvalue weighted by atomic mass is 9.86. The molecule has 1 saturated carbocycles.